The molecule has 2 heterocycles. The van der Waals surface area contributed by atoms with E-state index >= 15 is 0 Å². The summed E-state index contributed by atoms with van der Waals surface area (Å²) in [6.07, 6.45) is -3.97. The molecule has 0 saturated carbocycles. The van der Waals surface area contributed by atoms with Crippen LogP contribution < -0.4 is 16.7 Å². The van der Waals surface area contributed by atoms with Crippen molar-refractivity contribution >= 4 is 17.5 Å². The average molecular weight is 442 g/mol. The van der Waals surface area contributed by atoms with Crippen LogP contribution in [0.15, 0.2) is 35.3 Å². The zero-order valence-corrected chi connectivity index (χ0v) is 17.1. The number of nitrogens with zero attached hydrogens (tertiary/aromatic N) is 2. The summed E-state index contributed by atoms with van der Waals surface area (Å²) in [5.74, 6) is 4.71. The van der Waals surface area contributed by atoms with E-state index in [9.17, 15) is 29.7 Å². The van der Waals surface area contributed by atoms with E-state index in [4.69, 9.17) is 10.5 Å². The Morgan fingerprint density at radius 1 is 1.22 bits per heavy atom. The van der Waals surface area contributed by atoms with Crippen LogP contribution in [0.1, 0.15) is 39.4 Å². The highest BCUT2D eigenvalue weighted by Gasteiger charge is 2.43. The number of nitrogens with one attached hydrogen (secondary N) is 1. The van der Waals surface area contributed by atoms with Crippen molar-refractivity contribution in [1.29, 1.82) is 0 Å². The Labute approximate surface area is 182 Å². The van der Waals surface area contributed by atoms with Crippen LogP contribution in [0.25, 0.3) is 0 Å². The van der Waals surface area contributed by atoms with Crippen molar-refractivity contribution < 1.29 is 29.6 Å². The summed E-state index contributed by atoms with van der Waals surface area (Å²) in [4.78, 5) is 39.3. The number of nitrogens with two attached hydrogens (primary N) is 1. The average Bonchev–Trinajstić information content (AvgIpc) is 3.06. The van der Waals surface area contributed by atoms with Crippen molar-refractivity contribution in [3.05, 3.63) is 57.6 Å². The fourth-order valence-electron chi connectivity index (χ4n) is 3.09. The highest BCUT2D eigenvalue weighted by molar-refractivity contribution is 5.97. The van der Waals surface area contributed by atoms with Crippen molar-refractivity contribution in [2.45, 2.75) is 31.5 Å². The normalized spacial score (nSPS) is 22.1. The summed E-state index contributed by atoms with van der Waals surface area (Å²) in [7, 11) is 0. The zero-order valence-electron chi connectivity index (χ0n) is 17.1. The Bertz CT molecular complexity index is 1130. The third-order valence-corrected chi connectivity index (χ3v) is 4.89. The summed E-state index contributed by atoms with van der Waals surface area (Å²) in [6, 6.07) is 6.16. The lowest BCUT2D eigenvalue weighted by molar-refractivity contribution is -0.0549. The molecule has 1 aromatic carbocycles. The number of amides is 1. The number of Topliss-reactive ketones (excluding diaryl/α,β-unsaturated/α-hetero) is 1. The molecule has 0 aliphatic carbocycles. The Hall–Kier alpha value is -3.56. The van der Waals surface area contributed by atoms with Crippen LogP contribution in [0.5, 0.6) is 0 Å². The van der Waals surface area contributed by atoms with Crippen molar-refractivity contribution in [1.82, 2.24) is 14.9 Å². The van der Waals surface area contributed by atoms with Gasteiger partial charge in [0.05, 0.1) is 18.7 Å². The molecule has 1 aliphatic heterocycles. The third kappa shape index (κ3) is 4.84. The van der Waals surface area contributed by atoms with E-state index in [-0.39, 0.29) is 23.7 Å². The van der Waals surface area contributed by atoms with Gasteiger partial charge in [0.2, 0.25) is 0 Å². The van der Waals surface area contributed by atoms with Crippen LogP contribution in [0.2, 0.25) is 0 Å². The lowest BCUT2D eigenvalue weighted by Gasteiger charge is -2.17. The van der Waals surface area contributed by atoms with Gasteiger partial charge in [0.15, 0.2) is 12.0 Å². The molecule has 0 radical (unpaired) electrons. The quantitative estimate of drug-likeness (QED) is 0.270. The SMILES string of the molecule is CC(=O)c1ccc(C(=O)NCC#Cc2cn([C@@H]3O[C@H](CO)[C@@H](O)[C@H]3O)c(=O)nc2N)cc1. The number of benzene rings is 1. The maximum Gasteiger partial charge on any atom is 0.351 e. The van der Waals surface area contributed by atoms with Gasteiger partial charge >= 0.3 is 5.69 Å². The van der Waals surface area contributed by atoms with Gasteiger partial charge in [0.1, 0.15) is 24.1 Å². The van der Waals surface area contributed by atoms with Crippen molar-refractivity contribution in [3.63, 3.8) is 0 Å². The van der Waals surface area contributed by atoms with Gasteiger partial charge < -0.3 is 31.1 Å². The zero-order chi connectivity index (χ0) is 23.4. The van der Waals surface area contributed by atoms with Crippen molar-refractivity contribution in [3.8, 4) is 11.8 Å². The molecule has 11 nitrogen and oxygen atoms in total. The lowest BCUT2D eigenvalue weighted by Crippen LogP contribution is -2.36. The Kier molecular flexibility index (Phi) is 7.01. The van der Waals surface area contributed by atoms with Gasteiger partial charge in [-0.1, -0.05) is 24.0 Å². The van der Waals surface area contributed by atoms with E-state index in [2.05, 4.69) is 22.1 Å². The number of ether oxygens (including phenoxy) is 1. The molecular formula is C21H22N4O7. The second kappa shape index (κ2) is 9.71. The third-order valence-electron chi connectivity index (χ3n) is 4.89. The number of anilines is 1. The fraction of sp³-hybridized carbons (Fsp3) is 0.333. The second-order valence-electron chi connectivity index (χ2n) is 7.08. The summed E-state index contributed by atoms with van der Waals surface area (Å²) in [5.41, 5.74) is 5.91. The Balaban J connectivity index is 1.71. The van der Waals surface area contributed by atoms with E-state index in [1.165, 1.54) is 25.3 Å². The number of aliphatic hydroxyl groups excluding tert-OH is 3. The van der Waals surface area contributed by atoms with E-state index < -0.39 is 42.7 Å². The molecule has 1 saturated heterocycles. The molecule has 0 spiro atoms. The van der Waals surface area contributed by atoms with Crippen LogP contribution in [0, 0.1) is 11.8 Å². The van der Waals surface area contributed by atoms with Gasteiger partial charge in [0, 0.05) is 17.3 Å². The number of rotatable bonds is 5. The first kappa shape index (κ1) is 23.1. The predicted octanol–water partition coefficient (Wildman–Crippen LogP) is -1.58. The first-order chi connectivity index (χ1) is 15.2. The molecule has 1 aromatic heterocycles. The van der Waals surface area contributed by atoms with Gasteiger partial charge in [-0.3, -0.25) is 14.2 Å². The smallest absolute Gasteiger partial charge is 0.351 e. The van der Waals surface area contributed by atoms with Gasteiger partial charge in [-0.05, 0) is 19.1 Å². The van der Waals surface area contributed by atoms with Crippen LogP contribution >= 0.6 is 0 Å². The molecule has 4 atom stereocenters. The number of carbonyl (C=O) groups is 2. The summed E-state index contributed by atoms with van der Waals surface area (Å²) in [5, 5.41) is 31.8. The molecule has 6 N–H and O–H groups in total. The summed E-state index contributed by atoms with van der Waals surface area (Å²) in [6.45, 7) is 0.844. The van der Waals surface area contributed by atoms with Crippen LogP contribution in [-0.4, -0.2) is 68.0 Å². The first-order valence-corrected chi connectivity index (χ1v) is 9.62. The number of hydrogen-bond donors (Lipinski definition) is 5. The lowest BCUT2D eigenvalue weighted by atomic mass is 10.1. The van der Waals surface area contributed by atoms with Gasteiger partial charge in [-0.25, -0.2) is 4.79 Å². The number of aliphatic hydroxyl groups is 3. The number of carbonyl (C=O) groups excluding carboxylic acids is 2. The molecule has 3 rings (SSSR count). The molecule has 2 aromatic rings. The molecule has 32 heavy (non-hydrogen) atoms. The van der Waals surface area contributed by atoms with E-state index in [1.54, 1.807) is 12.1 Å². The highest BCUT2D eigenvalue weighted by Crippen LogP contribution is 2.28. The molecule has 1 aliphatic rings. The number of nitrogen functional groups attached to an aromatic ring is 1. The minimum Gasteiger partial charge on any atom is -0.394 e. The first-order valence-electron chi connectivity index (χ1n) is 9.62. The highest BCUT2D eigenvalue weighted by atomic mass is 16.6. The minimum atomic E-state index is -1.47. The largest absolute Gasteiger partial charge is 0.394 e. The molecule has 0 unspecified atom stereocenters. The van der Waals surface area contributed by atoms with Crippen molar-refractivity contribution in [2.75, 3.05) is 18.9 Å². The number of aromatic nitrogens is 2. The van der Waals surface area contributed by atoms with E-state index in [1.807, 2.05) is 0 Å². The standard InChI is InChI=1S/C21H22N4O7/c1-11(27)12-4-6-13(7-5-12)19(30)23-8-2-3-14-9-25(21(31)24-18(14)22)20-17(29)16(28)15(10-26)32-20/h4-7,9,15-17,20,26,28-29H,8,10H2,1H3,(H,23,30)(H2,22,24,31)/t15-,16-,17-,20-/m1/s1. The molecule has 168 valence electrons. The Morgan fingerprint density at radius 2 is 1.88 bits per heavy atom. The maximum atomic E-state index is 12.2. The maximum absolute atomic E-state index is 12.2. The van der Waals surface area contributed by atoms with Gasteiger partial charge in [-0.15, -0.1) is 0 Å². The molecule has 0 bridgehead atoms. The van der Waals surface area contributed by atoms with E-state index in [0.717, 1.165) is 4.57 Å². The van der Waals surface area contributed by atoms with Gasteiger partial charge in [0.25, 0.3) is 5.91 Å². The Morgan fingerprint density at radius 3 is 2.47 bits per heavy atom. The monoisotopic (exact) mass is 442 g/mol. The number of hydrogen-bond acceptors (Lipinski definition) is 9. The fourth-order valence-corrected chi connectivity index (χ4v) is 3.09. The van der Waals surface area contributed by atoms with Gasteiger partial charge in [-0.2, -0.15) is 4.98 Å². The molecule has 1 fully saturated rings. The van der Waals surface area contributed by atoms with Crippen LogP contribution in [0.3, 0.4) is 0 Å². The summed E-state index contributed by atoms with van der Waals surface area (Å²) < 4.78 is 6.26. The second-order valence-corrected chi connectivity index (χ2v) is 7.08. The van der Waals surface area contributed by atoms with E-state index in [0.29, 0.717) is 11.1 Å². The minimum absolute atomic E-state index is 0.0420. The number of ketones is 1. The topological polar surface area (TPSA) is 177 Å². The molecular weight excluding hydrogens is 420 g/mol. The van der Waals surface area contributed by atoms with Crippen LogP contribution in [0.4, 0.5) is 5.82 Å². The molecule has 11 heteroatoms. The predicted molar refractivity (Wildman–Crippen MR) is 112 cm³/mol. The molecule has 1 amide bonds. The summed E-state index contributed by atoms with van der Waals surface area (Å²) >= 11 is 0. The van der Waals surface area contributed by atoms with Crippen molar-refractivity contribution in [2.24, 2.45) is 0 Å². The van der Waals surface area contributed by atoms with Crippen LogP contribution in [-0.2, 0) is 4.74 Å².